The molecular formula is C22H23N3O2. The molecule has 2 unspecified atom stereocenters. The number of amides is 2. The zero-order valence-electron chi connectivity index (χ0n) is 15.2. The van der Waals surface area contributed by atoms with E-state index < -0.39 is 0 Å². The van der Waals surface area contributed by atoms with Crippen molar-refractivity contribution in [3.05, 3.63) is 59.2 Å². The summed E-state index contributed by atoms with van der Waals surface area (Å²) in [5.74, 6) is -0.0453. The molecule has 0 saturated carbocycles. The van der Waals surface area contributed by atoms with Crippen LogP contribution in [0.2, 0.25) is 0 Å². The predicted octanol–water partition coefficient (Wildman–Crippen LogP) is 3.41. The van der Waals surface area contributed by atoms with E-state index >= 15 is 0 Å². The highest BCUT2D eigenvalue weighted by molar-refractivity contribution is 6.06. The molecule has 2 aromatic carbocycles. The standard InChI is InChI=1S/C22H23N3O2/c26-21(23-17-8-3-6-14-5-1-2-7-16(14)17)15-10-11-19-18(13-15)24-22(27)20-9-4-12-25(19)20/h1-2,5,7,10-11,13,17,20H,3-4,6,8-9,12H2,(H,23,26)(H,24,27). The normalized spacial score (nSPS) is 23.1. The van der Waals surface area contributed by atoms with Crippen molar-refractivity contribution in [3.63, 3.8) is 0 Å². The van der Waals surface area contributed by atoms with Crippen molar-refractivity contribution in [2.24, 2.45) is 0 Å². The molecule has 3 aliphatic rings. The van der Waals surface area contributed by atoms with Gasteiger partial charge in [-0.1, -0.05) is 24.3 Å². The third kappa shape index (κ3) is 2.78. The van der Waals surface area contributed by atoms with E-state index in [0.717, 1.165) is 50.0 Å². The lowest BCUT2D eigenvalue weighted by Gasteiger charge is -2.33. The van der Waals surface area contributed by atoms with Crippen LogP contribution in [0.25, 0.3) is 0 Å². The van der Waals surface area contributed by atoms with Crippen LogP contribution in [0.5, 0.6) is 0 Å². The zero-order valence-corrected chi connectivity index (χ0v) is 15.2. The number of fused-ring (bicyclic) bond motifs is 4. The maximum atomic E-state index is 12.9. The lowest BCUT2D eigenvalue weighted by molar-refractivity contribution is -0.117. The number of nitrogens with one attached hydrogen (secondary N) is 2. The molecule has 2 aliphatic heterocycles. The van der Waals surface area contributed by atoms with Gasteiger partial charge in [0.05, 0.1) is 17.4 Å². The second-order valence-electron chi connectivity index (χ2n) is 7.69. The highest BCUT2D eigenvalue weighted by Crippen LogP contribution is 2.37. The summed E-state index contributed by atoms with van der Waals surface area (Å²) in [6.07, 6.45) is 5.04. The summed E-state index contributed by atoms with van der Waals surface area (Å²) in [5, 5.41) is 6.18. The van der Waals surface area contributed by atoms with Crippen molar-refractivity contribution in [2.75, 3.05) is 16.8 Å². The van der Waals surface area contributed by atoms with E-state index in [1.165, 1.54) is 11.1 Å². The monoisotopic (exact) mass is 361 g/mol. The van der Waals surface area contributed by atoms with Crippen LogP contribution in [-0.2, 0) is 11.2 Å². The molecule has 5 nitrogen and oxygen atoms in total. The fourth-order valence-corrected chi connectivity index (χ4v) is 4.72. The minimum atomic E-state index is -0.0858. The molecule has 0 aromatic heterocycles. The summed E-state index contributed by atoms with van der Waals surface area (Å²) < 4.78 is 0. The minimum Gasteiger partial charge on any atom is -0.358 e. The van der Waals surface area contributed by atoms with Crippen molar-refractivity contribution in [2.45, 2.75) is 44.2 Å². The highest BCUT2D eigenvalue weighted by atomic mass is 16.2. The van der Waals surface area contributed by atoms with Gasteiger partial charge < -0.3 is 15.5 Å². The van der Waals surface area contributed by atoms with Gasteiger partial charge in [-0.15, -0.1) is 0 Å². The van der Waals surface area contributed by atoms with Crippen LogP contribution in [0, 0.1) is 0 Å². The first-order valence-corrected chi connectivity index (χ1v) is 9.81. The molecule has 0 spiro atoms. The first-order chi connectivity index (χ1) is 13.2. The number of hydrogen-bond donors (Lipinski definition) is 2. The number of benzene rings is 2. The Balaban J connectivity index is 1.39. The van der Waals surface area contributed by atoms with E-state index in [4.69, 9.17) is 0 Å². The van der Waals surface area contributed by atoms with Crippen molar-refractivity contribution in [1.82, 2.24) is 5.32 Å². The number of anilines is 2. The third-order valence-electron chi connectivity index (χ3n) is 6.06. The van der Waals surface area contributed by atoms with Crippen LogP contribution in [0.3, 0.4) is 0 Å². The fraction of sp³-hybridized carbons (Fsp3) is 0.364. The second kappa shape index (κ2) is 6.41. The number of carbonyl (C=O) groups is 2. The van der Waals surface area contributed by atoms with Crippen molar-refractivity contribution in [1.29, 1.82) is 0 Å². The molecule has 2 amide bonds. The Bertz CT molecular complexity index is 924. The molecule has 5 rings (SSSR count). The SMILES string of the molecule is O=C(NC1CCCc2ccccc21)c1ccc2c(c1)NC(=O)C1CCCN21. The molecule has 0 bridgehead atoms. The molecule has 1 fully saturated rings. The van der Waals surface area contributed by atoms with Crippen LogP contribution in [0.4, 0.5) is 11.4 Å². The third-order valence-corrected chi connectivity index (χ3v) is 6.06. The van der Waals surface area contributed by atoms with E-state index in [0.29, 0.717) is 5.56 Å². The second-order valence-corrected chi connectivity index (χ2v) is 7.69. The lowest BCUT2D eigenvalue weighted by Crippen LogP contribution is -2.44. The van der Waals surface area contributed by atoms with Gasteiger partial charge in [0.15, 0.2) is 0 Å². The quantitative estimate of drug-likeness (QED) is 0.862. The number of hydrogen-bond acceptors (Lipinski definition) is 3. The zero-order chi connectivity index (χ0) is 18.4. The lowest BCUT2D eigenvalue weighted by atomic mass is 9.87. The van der Waals surface area contributed by atoms with Crippen LogP contribution >= 0.6 is 0 Å². The maximum absolute atomic E-state index is 12.9. The first kappa shape index (κ1) is 16.4. The fourth-order valence-electron chi connectivity index (χ4n) is 4.72. The van der Waals surface area contributed by atoms with Crippen molar-refractivity contribution in [3.8, 4) is 0 Å². The number of carbonyl (C=O) groups excluding carboxylic acids is 2. The topological polar surface area (TPSA) is 61.4 Å². The average molecular weight is 361 g/mol. The van der Waals surface area contributed by atoms with Gasteiger partial charge in [-0.3, -0.25) is 9.59 Å². The summed E-state index contributed by atoms with van der Waals surface area (Å²) in [6.45, 7) is 0.898. The Hall–Kier alpha value is -2.82. The molecule has 2 N–H and O–H groups in total. The molecule has 2 aromatic rings. The Labute approximate surface area is 158 Å². The van der Waals surface area contributed by atoms with Gasteiger partial charge in [-0.2, -0.15) is 0 Å². The molecule has 1 aliphatic carbocycles. The van der Waals surface area contributed by atoms with E-state index in [-0.39, 0.29) is 23.9 Å². The summed E-state index contributed by atoms with van der Waals surface area (Å²) in [5.41, 5.74) is 4.91. The van der Waals surface area contributed by atoms with Gasteiger partial charge in [-0.25, -0.2) is 0 Å². The molecule has 0 radical (unpaired) electrons. The molecule has 2 heterocycles. The van der Waals surface area contributed by atoms with Crippen molar-refractivity contribution >= 4 is 23.2 Å². The van der Waals surface area contributed by atoms with Crippen LogP contribution in [0.15, 0.2) is 42.5 Å². The molecular weight excluding hydrogens is 338 g/mol. The Morgan fingerprint density at radius 3 is 2.93 bits per heavy atom. The number of nitrogens with zero attached hydrogens (tertiary/aromatic N) is 1. The maximum Gasteiger partial charge on any atom is 0.251 e. The van der Waals surface area contributed by atoms with Gasteiger partial charge >= 0.3 is 0 Å². The van der Waals surface area contributed by atoms with Crippen LogP contribution < -0.4 is 15.5 Å². The van der Waals surface area contributed by atoms with Gasteiger partial charge in [-0.05, 0) is 61.4 Å². The first-order valence-electron chi connectivity index (χ1n) is 9.81. The highest BCUT2D eigenvalue weighted by Gasteiger charge is 2.36. The summed E-state index contributed by atoms with van der Waals surface area (Å²) in [7, 11) is 0. The van der Waals surface area contributed by atoms with Gasteiger partial charge in [0.1, 0.15) is 6.04 Å². The van der Waals surface area contributed by atoms with Gasteiger partial charge in [0.25, 0.3) is 5.91 Å². The van der Waals surface area contributed by atoms with E-state index in [1.807, 2.05) is 24.3 Å². The van der Waals surface area contributed by atoms with Gasteiger partial charge in [0.2, 0.25) is 5.91 Å². The number of aryl methyl sites for hydroxylation is 1. The van der Waals surface area contributed by atoms with E-state index in [2.05, 4.69) is 33.7 Å². The summed E-state index contributed by atoms with van der Waals surface area (Å²) >= 11 is 0. The Morgan fingerprint density at radius 1 is 1.11 bits per heavy atom. The Morgan fingerprint density at radius 2 is 2.00 bits per heavy atom. The van der Waals surface area contributed by atoms with E-state index in [1.54, 1.807) is 0 Å². The molecule has 1 saturated heterocycles. The van der Waals surface area contributed by atoms with Crippen molar-refractivity contribution < 1.29 is 9.59 Å². The summed E-state index contributed by atoms with van der Waals surface area (Å²) in [6, 6.07) is 14.0. The Kier molecular flexibility index (Phi) is 3.88. The van der Waals surface area contributed by atoms with Crippen LogP contribution in [0.1, 0.15) is 53.2 Å². The minimum absolute atomic E-state index is 0.0405. The smallest absolute Gasteiger partial charge is 0.251 e. The van der Waals surface area contributed by atoms with Gasteiger partial charge in [0, 0.05) is 12.1 Å². The van der Waals surface area contributed by atoms with E-state index in [9.17, 15) is 9.59 Å². The predicted molar refractivity (Wildman–Crippen MR) is 105 cm³/mol. The summed E-state index contributed by atoms with van der Waals surface area (Å²) in [4.78, 5) is 27.4. The number of rotatable bonds is 2. The molecule has 2 atom stereocenters. The largest absolute Gasteiger partial charge is 0.358 e. The molecule has 138 valence electrons. The molecule has 27 heavy (non-hydrogen) atoms. The van der Waals surface area contributed by atoms with Crippen LogP contribution in [-0.4, -0.2) is 24.4 Å². The average Bonchev–Trinajstić information content (AvgIpc) is 3.19. The molecule has 5 heteroatoms.